The molecule has 1 fully saturated rings. The molecule has 58 valence electrons. The van der Waals surface area contributed by atoms with Crippen molar-refractivity contribution in [2.75, 3.05) is 5.32 Å². The zero-order valence-electron chi connectivity index (χ0n) is 5.87. The summed E-state index contributed by atoms with van der Waals surface area (Å²) in [6.45, 7) is 0. The smallest absolute Gasteiger partial charge is 0.215 e. The van der Waals surface area contributed by atoms with E-state index in [9.17, 15) is 0 Å². The highest BCUT2D eigenvalue weighted by molar-refractivity contribution is 7.71. The highest BCUT2D eigenvalue weighted by atomic mass is 32.1. The van der Waals surface area contributed by atoms with Gasteiger partial charge in [-0.2, -0.15) is 5.10 Å². The molecule has 5 heteroatoms. The van der Waals surface area contributed by atoms with Crippen LogP contribution in [-0.4, -0.2) is 21.2 Å². The normalized spacial score (nSPS) is 16.4. The van der Waals surface area contributed by atoms with Gasteiger partial charge in [0.05, 0.1) is 6.20 Å². The van der Waals surface area contributed by atoms with Crippen LogP contribution in [-0.2, 0) is 0 Å². The van der Waals surface area contributed by atoms with Gasteiger partial charge >= 0.3 is 0 Å². The molecule has 0 aromatic carbocycles. The van der Waals surface area contributed by atoms with Crippen LogP contribution in [0.2, 0.25) is 0 Å². The Morgan fingerprint density at radius 3 is 3.09 bits per heavy atom. The van der Waals surface area contributed by atoms with Crippen molar-refractivity contribution in [3.63, 3.8) is 0 Å². The number of aromatic nitrogens is 3. The first-order valence-corrected chi connectivity index (χ1v) is 3.94. The minimum atomic E-state index is 0.427. The summed E-state index contributed by atoms with van der Waals surface area (Å²) >= 11 is 4.80. The van der Waals surface area contributed by atoms with Crippen LogP contribution in [0, 0.1) is 4.77 Å². The number of aromatic amines is 1. The fourth-order valence-corrected chi connectivity index (χ4v) is 0.969. The summed E-state index contributed by atoms with van der Waals surface area (Å²) in [6.07, 6.45) is 4.11. The van der Waals surface area contributed by atoms with Crippen molar-refractivity contribution in [3.8, 4) is 0 Å². The zero-order valence-corrected chi connectivity index (χ0v) is 6.69. The second-order valence-electron chi connectivity index (χ2n) is 2.59. The van der Waals surface area contributed by atoms with Gasteiger partial charge in [-0.3, -0.25) is 5.10 Å². The predicted octanol–water partition coefficient (Wildman–Crippen LogP) is 1.11. The number of rotatable bonds is 2. The molecule has 0 amide bonds. The number of anilines is 1. The molecular weight excluding hydrogens is 160 g/mol. The number of H-pyrrole nitrogens is 1. The van der Waals surface area contributed by atoms with Crippen LogP contribution >= 0.6 is 12.2 Å². The average Bonchev–Trinajstić information content (AvgIpc) is 2.71. The van der Waals surface area contributed by atoms with Crippen molar-refractivity contribution < 1.29 is 0 Å². The second-order valence-corrected chi connectivity index (χ2v) is 2.98. The molecule has 4 nitrogen and oxygen atoms in total. The molecule has 0 radical (unpaired) electrons. The lowest BCUT2D eigenvalue weighted by molar-refractivity contribution is 0.938. The Bertz CT molecular complexity index is 303. The Hall–Kier alpha value is -0.970. The van der Waals surface area contributed by atoms with E-state index < -0.39 is 0 Å². The number of hydrogen-bond acceptors (Lipinski definition) is 4. The van der Waals surface area contributed by atoms with E-state index in [1.54, 1.807) is 6.20 Å². The number of nitrogens with one attached hydrogen (secondary N) is 2. The van der Waals surface area contributed by atoms with Gasteiger partial charge in [0, 0.05) is 6.04 Å². The minimum absolute atomic E-state index is 0.427. The Morgan fingerprint density at radius 1 is 1.64 bits per heavy atom. The molecular formula is C6H8N4S. The average molecular weight is 168 g/mol. The molecule has 11 heavy (non-hydrogen) atoms. The molecule has 0 bridgehead atoms. The van der Waals surface area contributed by atoms with Gasteiger partial charge in [-0.1, -0.05) is 0 Å². The Kier molecular flexibility index (Phi) is 1.58. The van der Waals surface area contributed by atoms with Crippen LogP contribution in [0.5, 0.6) is 0 Å². The molecule has 0 spiro atoms. The zero-order chi connectivity index (χ0) is 7.68. The van der Waals surface area contributed by atoms with E-state index >= 15 is 0 Å². The van der Waals surface area contributed by atoms with Crippen molar-refractivity contribution in [2.45, 2.75) is 18.9 Å². The highest BCUT2D eigenvalue weighted by Gasteiger charge is 2.21. The number of nitrogens with zero attached hydrogens (tertiary/aromatic N) is 2. The topological polar surface area (TPSA) is 53.6 Å². The monoisotopic (exact) mass is 168 g/mol. The third-order valence-electron chi connectivity index (χ3n) is 1.50. The molecule has 2 rings (SSSR count). The predicted molar refractivity (Wildman–Crippen MR) is 43.9 cm³/mol. The molecule has 0 unspecified atom stereocenters. The lowest BCUT2D eigenvalue weighted by Gasteiger charge is -1.99. The molecule has 2 N–H and O–H groups in total. The van der Waals surface area contributed by atoms with Crippen LogP contribution < -0.4 is 5.32 Å². The lowest BCUT2D eigenvalue weighted by atomic mass is 10.6. The molecule has 1 heterocycles. The standard InChI is InChI=1S/C6H8N4S/c11-6-9-5(3-7-10-6)8-4-1-2-4/h3-4H,1-2H2,(H2,8,9,10,11). The van der Waals surface area contributed by atoms with Crippen LogP contribution in [0.15, 0.2) is 6.20 Å². The summed E-state index contributed by atoms with van der Waals surface area (Å²) in [7, 11) is 0. The molecule has 0 atom stereocenters. The van der Waals surface area contributed by atoms with Gasteiger partial charge in [0.15, 0.2) is 0 Å². The highest BCUT2D eigenvalue weighted by Crippen LogP contribution is 2.22. The van der Waals surface area contributed by atoms with Crippen molar-refractivity contribution in [2.24, 2.45) is 0 Å². The summed E-state index contributed by atoms with van der Waals surface area (Å²) in [5.41, 5.74) is 0. The minimum Gasteiger partial charge on any atom is -0.366 e. The van der Waals surface area contributed by atoms with E-state index in [2.05, 4.69) is 20.5 Å². The SMILES string of the molecule is S=c1nc(NC2CC2)cn[nH]1. The summed E-state index contributed by atoms with van der Waals surface area (Å²) < 4.78 is 0.427. The third-order valence-corrected chi connectivity index (χ3v) is 1.68. The van der Waals surface area contributed by atoms with Gasteiger partial charge in [0.1, 0.15) is 5.82 Å². The molecule has 1 aromatic rings. The second kappa shape index (κ2) is 2.58. The van der Waals surface area contributed by atoms with E-state index in [0.29, 0.717) is 10.8 Å². The number of hydrogen-bond donors (Lipinski definition) is 2. The van der Waals surface area contributed by atoms with Crippen molar-refractivity contribution >= 4 is 18.0 Å². The molecule has 0 aliphatic heterocycles. The largest absolute Gasteiger partial charge is 0.366 e. The molecule has 1 aliphatic carbocycles. The first-order chi connectivity index (χ1) is 5.34. The maximum absolute atomic E-state index is 4.80. The Labute approximate surface area is 69.1 Å². The summed E-state index contributed by atoms with van der Waals surface area (Å²) in [4.78, 5) is 4.04. The van der Waals surface area contributed by atoms with Gasteiger partial charge in [0.2, 0.25) is 4.77 Å². The molecule has 0 saturated heterocycles. The van der Waals surface area contributed by atoms with Crippen molar-refractivity contribution in [3.05, 3.63) is 11.0 Å². The van der Waals surface area contributed by atoms with Crippen molar-refractivity contribution in [1.82, 2.24) is 15.2 Å². The van der Waals surface area contributed by atoms with E-state index in [-0.39, 0.29) is 0 Å². The Morgan fingerprint density at radius 2 is 2.45 bits per heavy atom. The first kappa shape index (κ1) is 6.72. The maximum atomic E-state index is 4.80. The van der Waals surface area contributed by atoms with E-state index in [1.807, 2.05) is 0 Å². The van der Waals surface area contributed by atoms with Gasteiger partial charge in [-0.25, -0.2) is 4.98 Å². The molecule has 1 aromatic heterocycles. The van der Waals surface area contributed by atoms with Gasteiger partial charge < -0.3 is 5.32 Å². The van der Waals surface area contributed by atoms with Crippen LogP contribution in [0.4, 0.5) is 5.82 Å². The van der Waals surface area contributed by atoms with E-state index in [0.717, 1.165) is 5.82 Å². The van der Waals surface area contributed by atoms with Crippen LogP contribution in [0.1, 0.15) is 12.8 Å². The van der Waals surface area contributed by atoms with E-state index in [1.165, 1.54) is 12.8 Å². The lowest BCUT2D eigenvalue weighted by Crippen LogP contribution is -2.03. The fraction of sp³-hybridized carbons (Fsp3) is 0.500. The van der Waals surface area contributed by atoms with Gasteiger partial charge in [-0.15, -0.1) is 0 Å². The fourth-order valence-electron chi connectivity index (χ4n) is 0.818. The van der Waals surface area contributed by atoms with Gasteiger partial charge in [0.25, 0.3) is 0 Å². The van der Waals surface area contributed by atoms with Crippen LogP contribution in [0.3, 0.4) is 0 Å². The van der Waals surface area contributed by atoms with E-state index in [4.69, 9.17) is 12.2 Å². The molecule has 1 saturated carbocycles. The first-order valence-electron chi connectivity index (χ1n) is 3.53. The Balaban J connectivity index is 2.16. The van der Waals surface area contributed by atoms with Gasteiger partial charge in [-0.05, 0) is 25.1 Å². The van der Waals surface area contributed by atoms with Crippen molar-refractivity contribution in [1.29, 1.82) is 0 Å². The summed E-state index contributed by atoms with van der Waals surface area (Å²) in [5.74, 6) is 0.774. The summed E-state index contributed by atoms with van der Waals surface area (Å²) in [5, 5.41) is 9.59. The maximum Gasteiger partial charge on any atom is 0.215 e. The summed E-state index contributed by atoms with van der Waals surface area (Å²) in [6, 6.07) is 0.598. The third kappa shape index (κ3) is 1.74. The van der Waals surface area contributed by atoms with Crippen LogP contribution in [0.25, 0.3) is 0 Å². The quantitative estimate of drug-likeness (QED) is 0.649. The molecule has 1 aliphatic rings.